The first-order chi connectivity index (χ1) is 11.2. The highest BCUT2D eigenvalue weighted by Crippen LogP contribution is 2.36. The molecule has 0 aliphatic carbocycles. The molecule has 1 heterocycles. The summed E-state index contributed by atoms with van der Waals surface area (Å²) in [4.78, 5) is 12.0. The predicted molar refractivity (Wildman–Crippen MR) is 90.6 cm³/mol. The standard InChI is InChI=1S/C14H15NO6S3/c1-20-12-11(13(16)21-2)9-22-14(12)24(18,19)15-23(3,17)10-7-5-4-6-8-10/h4-9H,1-3H3/t23-/m1/s1. The molecule has 0 N–H and O–H groups in total. The van der Waals surface area contributed by atoms with Crippen LogP contribution in [-0.2, 0) is 24.5 Å². The average Bonchev–Trinajstić information content (AvgIpc) is 2.99. The Bertz CT molecular complexity index is 969. The SMILES string of the molecule is COC(=O)c1csc(S(=O)(=O)N=[S@](C)(=O)c2ccccc2)c1OC. The van der Waals surface area contributed by atoms with Gasteiger partial charge < -0.3 is 9.47 Å². The topological polar surface area (TPSA) is 99.1 Å². The zero-order valence-corrected chi connectivity index (χ0v) is 15.5. The van der Waals surface area contributed by atoms with Gasteiger partial charge in [-0.2, -0.15) is 8.42 Å². The summed E-state index contributed by atoms with van der Waals surface area (Å²) in [6, 6.07) is 8.07. The molecule has 0 bridgehead atoms. The Balaban J connectivity index is 2.61. The monoisotopic (exact) mass is 389 g/mol. The minimum atomic E-state index is -4.29. The van der Waals surface area contributed by atoms with E-state index in [1.165, 1.54) is 38.0 Å². The van der Waals surface area contributed by atoms with Gasteiger partial charge in [-0.25, -0.2) is 9.00 Å². The summed E-state index contributed by atoms with van der Waals surface area (Å²) in [5.41, 5.74) is -0.0268. The van der Waals surface area contributed by atoms with Crippen LogP contribution in [0.4, 0.5) is 0 Å². The van der Waals surface area contributed by atoms with Crippen LogP contribution < -0.4 is 4.74 Å². The number of rotatable bonds is 5. The number of carbonyl (C=O) groups is 1. The Morgan fingerprint density at radius 1 is 1.12 bits per heavy atom. The average molecular weight is 389 g/mol. The van der Waals surface area contributed by atoms with Gasteiger partial charge in [-0.05, 0) is 12.1 Å². The van der Waals surface area contributed by atoms with Crippen LogP contribution in [0, 0.1) is 0 Å². The quantitative estimate of drug-likeness (QED) is 0.728. The molecule has 0 aliphatic rings. The van der Waals surface area contributed by atoms with Crippen molar-refractivity contribution in [2.75, 3.05) is 20.5 Å². The number of nitrogens with zero attached hydrogens (tertiary/aromatic N) is 1. The summed E-state index contributed by atoms with van der Waals surface area (Å²) in [7, 11) is -5.08. The molecule has 2 rings (SSSR count). The van der Waals surface area contributed by atoms with Gasteiger partial charge in [-0.3, -0.25) is 0 Å². The fourth-order valence-corrected chi connectivity index (χ4v) is 6.72. The van der Waals surface area contributed by atoms with E-state index in [1.54, 1.807) is 18.2 Å². The lowest BCUT2D eigenvalue weighted by Crippen LogP contribution is -2.06. The Labute approximate surface area is 144 Å². The summed E-state index contributed by atoms with van der Waals surface area (Å²) < 4.78 is 50.7. The second-order valence-electron chi connectivity index (χ2n) is 4.63. The molecule has 2 aromatic rings. The van der Waals surface area contributed by atoms with Gasteiger partial charge in [0.25, 0.3) is 0 Å². The number of carbonyl (C=O) groups excluding carboxylic acids is 1. The molecular formula is C14H15NO6S3. The molecule has 0 saturated heterocycles. The van der Waals surface area contributed by atoms with Crippen LogP contribution >= 0.6 is 11.3 Å². The van der Waals surface area contributed by atoms with E-state index in [1.807, 2.05) is 0 Å². The maximum absolute atomic E-state index is 12.7. The van der Waals surface area contributed by atoms with Crippen molar-refractivity contribution in [1.29, 1.82) is 0 Å². The lowest BCUT2D eigenvalue weighted by molar-refractivity contribution is 0.0597. The fraction of sp³-hybridized carbons (Fsp3) is 0.214. The number of esters is 1. The van der Waals surface area contributed by atoms with Gasteiger partial charge in [-0.1, -0.05) is 18.2 Å². The second kappa shape index (κ2) is 6.91. The first-order valence-corrected chi connectivity index (χ1v) is 10.7. The Morgan fingerprint density at radius 2 is 1.75 bits per heavy atom. The summed E-state index contributed by atoms with van der Waals surface area (Å²) >= 11 is 0.754. The van der Waals surface area contributed by atoms with Gasteiger partial charge in [0.15, 0.2) is 9.96 Å². The van der Waals surface area contributed by atoms with Crippen molar-refractivity contribution in [3.05, 3.63) is 41.3 Å². The summed E-state index contributed by atoms with van der Waals surface area (Å²) in [5, 5.41) is 1.30. The largest absolute Gasteiger partial charge is 0.493 e. The third-order valence-corrected chi connectivity index (χ3v) is 8.38. The Morgan fingerprint density at radius 3 is 2.29 bits per heavy atom. The molecule has 10 heteroatoms. The molecule has 0 saturated carbocycles. The van der Waals surface area contributed by atoms with Crippen molar-refractivity contribution in [3.63, 3.8) is 0 Å². The zero-order valence-electron chi connectivity index (χ0n) is 13.1. The minimum absolute atomic E-state index is 0.0268. The normalized spacial score (nSPS) is 13.8. The smallest absolute Gasteiger partial charge is 0.342 e. The molecule has 1 aromatic carbocycles. The highest BCUT2D eigenvalue weighted by molar-refractivity contribution is 8.03. The number of benzene rings is 1. The van der Waals surface area contributed by atoms with E-state index in [2.05, 4.69) is 8.50 Å². The number of hydrogen-bond donors (Lipinski definition) is 0. The molecule has 0 fully saturated rings. The Kier molecular flexibility index (Phi) is 5.31. The molecule has 0 unspecified atom stereocenters. The van der Waals surface area contributed by atoms with E-state index in [9.17, 15) is 17.4 Å². The molecule has 0 radical (unpaired) electrons. The van der Waals surface area contributed by atoms with E-state index >= 15 is 0 Å². The van der Waals surface area contributed by atoms with Crippen LogP contribution in [0.2, 0.25) is 0 Å². The van der Waals surface area contributed by atoms with Crippen LogP contribution in [0.3, 0.4) is 0 Å². The first kappa shape index (κ1) is 18.4. The minimum Gasteiger partial charge on any atom is -0.493 e. The first-order valence-electron chi connectivity index (χ1n) is 6.50. The molecule has 7 nitrogen and oxygen atoms in total. The van der Waals surface area contributed by atoms with Gasteiger partial charge in [0.1, 0.15) is 5.56 Å². The molecule has 0 aliphatic heterocycles. The highest BCUT2D eigenvalue weighted by Gasteiger charge is 2.29. The van der Waals surface area contributed by atoms with Gasteiger partial charge in [0.2, 0.25) is 0 Å². The summed E-state index contributed by atoms with van der Waals surface area (Å²) in [6.07, 6.45) is 1.24. The molecule has 1 atom stereocenters. The van der Waals surface area contributed by atoms with Gasteiger partial charge in [-0.15, -0.1) is 15.1 Å². The molecule has 0 amide bonds. The summed E-state index contributed by atoms with van der Waals surface area (Å²) in [6.45, 7) is 0. The zero-order chi connectivity index (χ0) is 18.0. The third-order valence-electron chi connectivity index (χ3n) is 2.98. The number of ether oxygens (including phenoxy) is 2. The summed E-state index contributed by atoms with van der Waals surface area (Å²) in [5.74, 6) is -0.899. The predicted octanol–water partition coefficient (Wildman–Crippen LogP) is 2.39. The van der Waals surface area contributed by atoms with Gasteiger partial charge >= 0.3 is 16.0 Å². The van der Waals surface area contributed by atoms with Crippen molar-refractivity contribution in [2.45, 2.75) is 9.10 Å². The number of methoxy groups -OCH3 is 2. The number of hydrogen-bond acceptors (Lipinski definition) is 7. The van der Waals surface area contributed by atoms with Crippen molar-refractivity contribution in [1.82, 2.24) is 0 Å². The van der Waals surface area contributed by atoms with Crippen molar-refractivity contribution in [2.24, 2.45) is 3.77 Å². The highest BCUT2D eigenvalue weighted by atomic mass is 32.3. The fourth-order valence-electron chi connectivity index (χ4n) is 1.89. The van der Waals surface area contributed by atoms with E-state index in [4.69, 9.17) is 4.74 Å². The van der Waals surface area contributed by atoms with E-state index in [-0.39, 0.29) is 20.4 Å². The van der Waals surface area contributed by atoms with E-state index in [0.717, 1.165) is 11.3 Å². The van der Waals surface area contributed by atoms with E-state index in [0.29, 0.717) is 0 Å². The third kappa shape index (κ3) is 3.60. The van der Waals surface area contributed by atoms with Crippen molar-refractivity contribution in [3.8, 4) is 5.75 Å². The molecule has 130 valence electrons. The van der Waals surface area contributed by atoms with Crippen LogP contribution in [0.25, 0.3) is 0 Å². The van der Waals surface area contributed by atoms with Crippen LogP contribution in [0.15, 0.2) is 48.6 Å². The van der Waals surface area contributed by atoms with Crippen LogP contribution in [-0.4, -0.2) is 39.1 Å². The van der Waals surface area contributed by atoms with Gasteiger partial charge in [0.05, 0.1) is 23.9 Å². The second-order valence-corrected chi connectivity index (χ2v) is 9.80. The molecular weight excluding hydrogens is 374 g/mol. The van der Waals surface area contributed by atoms with Crippen LogP contribution in [0.1, 0.15) is 10.4 Å². The van der Waals surface area contributed by atoms with Gasteiger partial charge in [0, 0.05) is 16.5 Å². The van der Waals surface area contributed by atoms with Crippen LogP contribution in [0.5, 0.6) is 5.75 Å². The number of sulfonamides is 1. The molecule has 24 heavy (non-hydrogen) atoms. The van der Waals surface area contributed by atoms with Crippen molar-refractivity contribution < 1.29 is 26.9 Å². The maximum Gasteiger partial charge on any atom is 0.342 e. The lowest BCUT2D eigenvalue weighted by Gasteiger charge is -2.06. The molecule has 0 spiro atoms. The van der Waals surface area contributed by atoms with E-state index < -0.39 is 25.7 Å². The number of thiophene rings is 1. The van der Waals surface area contributed by atoms with Crippen molar-refractivity contribution >= 4 is 37.1 Å². The molecule has 1 aromatic heterocycles. The lowest BCUT2D eigenvalue weighted by atomic mass is 10.3. The maximum atomic E-state index is 12.7. The Hall–Kier alpha value is -1.91.